The van der Waals surface area contributed by atoms with Gasteiger partial charge in [-0.15, -0.1) is 0 Å². The van der Waals surface area contributed by atoms with Crippen LogP contribution in [0.4, 0.5) is 4.39 Å². The zero-order valence-corrected chi connectivity index (χ0v) is 11.1. The highest BCUT2D eigenvalue weighted by molar-refractivity contribution is 5.54. The van der Waals surface area contributed by atoms with Crippen molar-refractivity contribution in [1.29, 1.82) is 0 Å². The Morgan fingerprint density at radius 1 is 1.32 bits per heavy atom. The van der Waals surface area contributed by atoms with Crippen molar-refractivity contribution >= 4 is 0 Å². The van der Waals surface area contributed by atoms with Crippen LogP contribution in [0, 0.1) is 11.7 Å². The fourth-order valence-electron chi connectivity index (χ4n) is 2.00. The van der Waals surface area contributed by atoms with E-state index in [2.05, 4.69) is 24.0 Å². The predicted molar refractivity (Wildman–Crippen MR) is 70.8 cm³/mol. The molecule has 2 aromatic rings. The summed E-state index contributed by atoms with van der Waals surface area (Å²) < 4.78 is 18.7. The smallest absolute Gasteiger partial charge is 0.228 e. The molecule has 0 aliphatic carbocycles. The quantitative estimate of drug-likeness (QED) is 0.900. The van der Waals surface area contributed by atoms with Crippen LogP contribution in [-0.4, -0.2) is 16.2 Å². The lowest BCUT2D eigenvalue weighted by Gasteiger charge is -2.10. The van der Waals surface area contributed by atoms with Crippen molar-refractivity contribution in [3.63, 3.8) is 0 Å². The molecule has 5 heteroatoms. The van der Waals surface area contributed by atoms with Gasteiger partial charge in [0.05, 0.1) is 5.56 Å². The SMILES string of the molecule is CC(C)CC(N)Cc1nc(-c2ccccc2F)no1. The number of aromatic nitrogens is 2. The second-order valence-electron chi connectivity index (χ2n) is 5.09. The molecule has 1 heterocycles. The van der Waals surface area contributed by atoms with Crippen molar-refractivity contribution in [3.05, 3.63) is 36.0 Å². The fourth-order valence-corrected chi connectivity index (χ4v) is 2.00. The molecule has 0 amide bonds. The van der Waals surface area contributed by atoms with E-state index in [-0.39, 0.29) is 17.7 Å². The lowest BCUT2D eigenvalue weighted by Crippen LogP contribution is -2.24. The third kappa shape index (κ3) is 3.61. The van der Waals surface area contributed by atoms with Crippen LogP contribution in [0.15, 0.2) is 28.8 Å². The van der Waals surface area contributed by atoms with E-state index < -0.39 is 0 Å². The maximum absolute atomic E-state index is 13.6. The molecule has 1 atom stereocenters. The summed E-state index contributed by atoms with van der Waals surface area (Å²) in [5.41, 5.74) is 6.33. The van der Waals surface area contributed by atoms with Crippen molar-refractivity contribution in [2.75, 3.05) is 0 Å². The molecule has 0 radical (unpaired) electrons. The molecular weight excluding hydrogens is 245 g/mol. The van der Waals surface area contributed by atoms with Crippen LogP contribution in [0.2, 0.25) is 0 Å². The zero-order chi connectivity index (χ0) is 13.8. The van der Waals surface area contributed by atoms with Crippen LogP contribution in [0.5, 0.6) is 0 Å². The molecule has 0 aliphatic rings. The van der Waals surface area contributed by atoms with Crippen molar-refractivity contribution in [2.45, 2.75) is 32.7 Å². The molecule has 0 saturated carbocycles. The van der Waals surface area contributed by atoms with Gasteiger partial charge in [-0.2, -0.15) is 4.98 Å². The van der Waals surface area contributed by atoms with Crippen LogP contribution in [-0.2, 0) is 6.42 Å². The molecule has 2 rings (SSSR count). The second kappa shape index (κ2) is 5.93. The summed E-state index contributed by atoms with van der Waals surface area (Å²) in [6.45, 7) is 4.22. The van der Waals surface area contributed by atoms with Gasteiger partial charge in [0, 0.05) is 12.5 Å². The predicted octanol–water partition coefficient (Wildman–Crippen LogP) is 2.79. The van der Waals surface area contributed by atoms with Gasteiger partial charge in [-0.05, 0) is 24.5 Å². The standard InChI is InChI=1S/C14H18FN3O/c1-9(2)7-10(16)8-13-17-14(18-19-13)11-5-3-4-6-12(11)15/h3-6,9-10H,7-8,16H2,1-2H3. The molecule has 4 nitrogen and oxygen atoms in total. The summed E-state index contributed by atoms with van der Waals surface area (Å²) in [4.78, 5) is 4.19. The molecule has 1 aromatic heterocycles. The lowest BCUT2D eigenvalue weighted by molar-refractivity contribution is 0.359. The van der Waals surface area contributed by atoms with Gasteiger partial charge in [0.2, 0.25) is 11.7 Å². The summed E-state index contributed by atoms with van der Waals surface area (Å²) >= 11 is 0. The van der Waals surface area contributed by atoms with E-state index >= 15 is 0 Å². The minimum atomic E-state index is -0.360. The summed E-state index contributed by atoms with van der Waals surface area (Å²) in [6, 6.07) is 6.33. The second-order valence-corrected chi connectivity index (χ2v) is 5.09. The highest BCUT2D eigenvalue weighted by Gasteiger charge is 2.15. The molecule has 2 N–H and O–H groups in total. The van der Waals surface area contributed by atoms with Crippen LogP contribution < -0.4 is 5.73 Å². The number of rotatable bonds is 5. The average Bonchev–Trinajstić information content (AvgIpc) is 2.76. The largest absolute Gasteiger partial charge is 0.339 e. The van der Waals surface area contributed by atoms with Gasteiger partial charge in [0.15, 0.2) is 0 Å². The molecule has 19 heavy (non-hydrogen) atoms. The van der Waals surface area contributed by atoms with Crippen LogP contribution >= 0.6 is 0 Å². The van der Waals surface area contributed by atoms with E-state index in [1.807, 2.05) is 0 Å². The minimum absolute atomic E-state index is 0.0195. The fraction of sp³-hybridized carbons (Fsp3) is 0.429. The first-order valence-electron chi connectivity index (χ1n) is 6.39. The molecule has 0 aliphatic heterocycles. The Balaban J connectivity index is 2.09. The van der Waals surface area contributed by atoms with Crippen molar-refractivity contribution in [3.8, 4) is 11.4 Å². The Hall–Kier alpha value is -1.75. The Bertz CT molecular complexity index is 539. The maximum atomic E-state index is 13.6. The number of benzene rings is 1. The van der Waals surface area contributed by atoms with Gasteiger partial charge in [-0.3, -0.25) is 0 Å². The molecule has 0 fully saturated rings. The first-order valence-corrected chi connectivity index (χ1v) is 6.39. The third-order valence-corrected chi connectivity index (χ3v) is 2.79. The van der Waals surface area contributed by atoms with Crippen molar-refractivity contribution < 1.29 is 8.91 Å². The summed E-state index contributed by atoms with van der Waals surface area (Å²) in [5, 5.41) is 3.80. The molecule has 102 valence electrons. The van der Waals surface area contributed by atoms with E-state index in [1.165, 1.54) is 6.07 Å². The van der Waals surface area contributed by atoms with Gasteiger partial charge in [0.1, 0.15) is 5.82 Å². The van der Waals surface area contributed by atoms with Gasteiger partial charge in [0.25, 0.3) is 0 Å². The Labute approximate surface area is 111 Å². The number of nitrogens with two attached hydrogens (primary N) is 1. The summed E-state index contributed by atoms with van der Waals surface area (Å²) in [6.07, 6.45) is 1.40. The van der Waals surface area contributed by atoms with Gasteiger partial charge >= 0.3 is 0 Å². The normalized spacial score (nSPS) is 12.9. The highest BCUT2D eigenvalue weighted by atomic mass is 19.1. The molecular formula is C14H18FN3O. The van der Waals surface area contributed by atoms with Gasteiger partial charge < -0.3 is 10.3 Å². The minimum Gasteiger partial charge on any atom is -0.339 e. The number of hydrogen-bond donors (Lipinski definition) is 1. The molecule has 0 spiro atoms. The van der Waals surface area contributed by atoms with Gasteiger partial charge in [-0.1, -0.05) is 31.1 Å². The number of halogens is 1. The number of nitrogens with zero attached hydrogens (tertiary/aromatic N) is 2. The highest BCUT2D eigenvalue weighted by Crippen LogP contribution is 2.19. The molecule has 0 saturated heterocycles. The van der Waals surface area contributed by atoms with Gasteiger partial charge in [-0.25, -0.2) is 4.39 Å². The molecule has 1 aromatic carbocycles. The first kappa shape index (κ1) is 13.7. The molecule has 0 bridgehead atoms. The maximum Gasteiger partial charge on any atom is 0.228 e. The lowest BCUT2D eigenvalue weighted by atomic mass is 10.0. The third-order valence-electron chi connectivity index (χ3n) is 2.79. The Kier molecular flexibility index (Phi) is 4.27. The van der Waals surface area contributed by atoms with E-state index in [9.17, 15) is 4.39 Å². The topological polar surface area (TPSA) is 64.9 Å². The van der Waals surface area contributed by atoms with E-state index in [0.29, 0.717) is 23.8 Å². The van der Waals surface area contributed by atoms with Crippen LogP contribution in [0.3, 0.4) is 0 Å². The van der Waals surface area contributed by atoms with E-state index in [1.54, 1.807) is 18.2 Å². The number of hydrogen-bond acceptors (Lipinski definition) is 4. The first-order chi connectivity index (χ1) is 9.06. The van der Waals surface area contributed by atoms with Crippen molar-refractivity contribution in [2.24, 2.45) is 11.7 Å². The summed E-state index contributed by atoms with van der Waals surface area (Å²) in [5.74, 6) is 0.876. The van der Waals surface area contributed by atoms with Crippen LogP contribution in [0.1, 0.15) is 26.2 Å². The zero-order valence-electron chi connectivity index (χ0n) is 11.1. The summed E-state index contributed by atoms with van der Waals surface area (Å²) in [7, 11) is 0. The Morgan fingerprint density at radius 2 is 2.05 bits per heavy atom. The van der Waals surface area contributed by atoms with Crippen molar-refractivity contribution in [1.82, 2.24) is 10.1 Å². The van der Waals surface area contributed by atoms with E-state index in [4.69, 9.17) is 10.3 Å². The van der Waals surface area contributed by atoms with Crippen LogP contribution in [0.25, 0.3) is 11.4 Å². The monoisotopic (exact) mass is 263 g/mol. The van der Waals surface area contributed by atoms with E-state index in [0.717, 1.165) is 6.42 Å². The average molecular weight is 263 g/mol. The molecule has 1 unspecified atom stereocenters. The Morgan fingerprint density at radius 3 is 2.74 bits per heavy atom.